The number of amides is 2. The van der Waals surface area contributed by atoms with E-state index in [1.165, 1.54) is 12.5 Å². The van der Waals surface area contributed by atoms with Crippen LogP contribution in [0.4, 0.5) is 11.6 Å². The summed E-state index contributed by atoms with van der Waals surface area (Å²) in [5, 5.41) is 12.0. The molecule has 1 saturated carbocycles. The molecule has 2 amide bonds. The average Bonchev–Trinajstić information content (AvgIpc) is 3.26. The third-order valence-corrected chi connectivity index (χ3v) is 6.84. The van der Waals surface area contributed by atoms with Crippen LogP contribution >= 0.6 is 0 Å². The number of imidazole rings is 1. The summed E-state index contributed by atoms with van der Waals surface area (Å²) in [6.45, 7) is 5.66. The molecule has 1 heterocycles. The summed E-state index contributed by atoms with van der Waals surface area (Å²) in [5.41, 5.74) is 2.09. The maximum Gasteiger partial charge on any atom is 0.308 e. The van der Waals surface area contributed by atoms with Crippen LogP contribution in [-0.2, 0) is 20.9 Å². The van der Waals surface area contributed by atoms with Crippen molar-refractivity contribution in [2.75, 3.05) is 17.3 Å². The Morgan fingerprint density at radius 1 is 1.13 bits per heavy atom. The highest BCUT2D eigenvalue weighted by Crippen LogP contribution is 2.30. The minimum Gasteiger partial charge on any atom is -0.460 e. The highest BCUT2D eigenvalue weighted by atomic mass is 16.6. The Kier molecular flexibility index (Phi) is 8.34. The molecular formula is C30H35N5O4. The molecule has 9 heteroatoms. The summed E-state index contributed by atoms with van der Waals surface area (Å²) in [4.78, 5) is 45.0. The summed E-state index contributed by atoms with van der Waals surface area (Å²) in [6.07, 6.45) is 5.23. The van der Waals surface area contributed by atoms with Gasteiger partial charge in [0.25, 0.3) is 5.91 Å². The normalized spacial score (nSPS) is 14.0. The van der Waals surface area contributed by atoms with E-state index < -0.39 is 11.5 Å². The average molecular weight is 530 g/mol. The second kappa shape index (κ2) is 11.7. The summed E-state index contributed by atoms with van der Waals surface area (Å²) < 4.78 is 7.23. The largest absolute Gasteiger partial charge is 0.460 e. The quantitative estimate of drug-likeness (QED) is 0.408. The van der Waals surface area contributed by atoms with Crippen LogP contribution in [0, 0.1) is 17.2 Å². The van der Waals surface area contributed by atoms with Gasteiger partial charge < -0.3 is 14.2 Å². The number of hydrogen-bond donors (Lipinski definition) is 1. The number of fused-ring (bicyclic) bond motifs is 1. The van der Waals surface area contributed by atoms with Crippen molar-refractivity contribution >= 4 is 40.5 Å². The van der Waals surface area contributed by atoms with Crippen LogP contribution in [0.3, 0.4) is 0 Å². The van der Waals surface area contributed by atoms with E-state index in [9.17, 15) is 19.6 Å². The zero-order valence-corrected chi connectivity index (χ0v) is 23.0. The number of esters is 1. The maximum atomic E-state index is 13.1. The molecule has 204 valence electrons. The van der Waals surface area contributed by atoms with Gasteiger partial charge in [-0.1, -0.05) is 25.3 Å². The first-order valence-electron chi connectivity index (χ1n) is 13.4. The van der Waals surface area contributed by atoms with E-state index in [2.05, 4.69) is 10.3 Å². The highest BCUT2D eigenvalue weighted by Gasteiger charge is 2.26. The van der Waals surface area contributed by atoms with Gasteiger partial charge in [0.2, 0.25) is 11.9 Å². The van der Waals surface area contributed by atoms with Crippen LogP contribution in [0.2, 0.25) is 0 Å². The molecule has 1 fully saturated rings. The smallest absolute Gasteiger partial charge is 0.308 e. The molecule has 1 N–H and O–H groups in total. The van der Waals surface area contributed by atoms with Crippen molar-refractivity contribution in [2.45, 2.75) is 71.4 Å². The minimum atomic E-state index is -0.610. The van der Waals surface area contributed by atoms with Gasteiger partial charge in [0.1, 0.15) is 5.60 Å². The van der Waals surface area contributed by atoms with Crippen molar-refractivity contribution in [3.05, 3.63) is 53.6 Å². The monoisotopic (exact) mass is 529 g/mol. The lowest BCUT2D eigenvalue weighted by Gasteiger charge is -2.26. The van der Waals surface area contributed by atoms with Crippen LogP contribution in [0.5, 0.6) is 0 Å². The first-order valence-corrected chi connectivity index (χ1v) is 13.4. The molecule has 1 aliphatic carbocycles. The van der Waals surface area contributed by atoms with Gasteiger partial charge in [0.15, 0.2) is 0 Å². The van der Waals surface area contributed by atoms with Crippen LogP contribution in [-0.4, -0.2) is 40.0 Å². The molecule has 0 spiro atoms. The third-order valence-electron chi connectivity index (χ3n) is 6.84. The van der Waals surface area contributed by atoms with E-state index in [-0.39, 0.29) is 36.7 Å². The Morgan fingerprint density at radius 3 is 2.56 bits per heavy atom. The maximum absolute atomic E-state index is 13.1. The van der Waals surface area contributed by atoms with Gasteiger partial charge in [0, 0.05) is 30.8 Å². The minimum absolute atomic E-state index is 0.0323. The highest BCUT2D eigenvalue weighted by molar-refractivity contribution is 6.04. The summed E-state index contributed by atoms with van der Waals surface area (Å²) in [7, 11) is 1.78. The van der Waals surface area contributed by atoms with Crippen LogP contribution in [0.15, 0.2) is 42.5 Å². The molecule has 0 atom stereocenters. The number of ether oxygens (including phenoxy) is 1. The molecule has 0 unspecified atom stereocenters. The molecule has 1 aromatic heterocycles. The fourth-order valence-electron chi connectivity index (χ4n) is 4.90. The van der Waals surface area contributed by atoms with E-state index >= 15 is 0 Å². The van der Waals surface area contributed by atoms with Gasteiger partial charge in [-0.3, -0.25) is 19.7 Å². The van der Waals surface area contributed by atoms with E-state index in [0.717, 1.165) is 31.4 Å². The Bertz CT molecular complexity index is 1420. The third kappa shape index (κ3) is 6.82. The summed E-state index contributed by atoms with van der Waals surface area (Å²) >= 11 is 0. The van der Waals surface area contributed by atoms with Crippen LogP contribution in [0.1, 0.15) is 75.2 Å². The number of nitriles is 1. The van der Waals surface area contributed by atoms with E-state index in [4.69, 9.17) is 4.74 Å². The number of carbonyl (C=O) groups is 3. The number of aryl methyl sites for hydroxylation is 1. The Hall–Kier alpha value is -4.19. The van der Waals surface area contributed by atoms with Crippen LogP contribution < -0.4 is 10.2 Å². The van der Waals surface area contributed by atoms with Crippen molar-refractivity contribution in [3.63, 3.8) is 0 Å². The lowest BCUT2D eigenvalue weighted by Crippen LogP contribution is -2.33. The fourth-order valence-corrected chi connectivity index (χ4v) is 4.90. The van der Waals surface area contributed by atoms with Gasteiger partial charge in [-0.05, 0) is 70.0 Å². The fraction of sp³-hybridized carbons (Fsp3) is 0.433. The van der Waals surface area contributed by atoms with Gasteiger partial charge >= 0.3 is 5.97 Å². The van der Waals surface area contributed by atoms with Crippen molar-refractivity contribution < 1.29 is 19.1 Å². The SMILES string of the molecule is CN(C(=O)C1CCCCC1)c1ccc2c(c1)nc(NC(=O)c1cccc(C#N)c1)n2CCC(=O)OC(C)(C)C. The Balaban J connectivity index is 1.64. The first kappa shape index (κ1) is 27.8. The van der Waals surface area contributed by atoms with Gasteiger partial charge in [-0.15, -0.1) is 0 Å². The summed E-state index contributed by atoms with van der Waals surface area (Å²) in [6, 6.07) is 14.0. The number of hydrogen-bond acceptors (Lipinski definition) is 6. The zero-order chi connectivity index (χ0) is 28.2. The number of aromatic nitrogens is 2. The molecule has 3 aromatic rings. The Morgan fingerprint density at radius 2 is 1.87 bits per heavy atom. The van der Waals surface area contributed by atoms with E-state index in [0.29, 0.717) is 22.2 Å². The molecule has 4 rings (SSSR count). The molecule has 0 radical (unpaired) electrons. The first-order chi connectivity index (χ1) is 18.6. The molecule has 9 nitrogen and oxygen atoms in total. The zero-order valence-electron chi connectivity index (χ0n) is 23.0. The molecule has 2 aromatic carbocycles. The predicted molar refractivity (Wildman–Crippen MR) is 149 cm³/mol. The van der Waals surface area contributed by atoms with Crippen molar-refractivity contribution in [3.8, 4) is 6.07 Å². The molecule has 0 bridgehead atoms. The number of nitrogens with zero attached hydrogens (tertiary/aromatic N) is 4. The topological polar surface area (TPSA) is 117 Å². The number of carbonyl (C=O) groups excluding carboxylic acids is 3. The molecule has 0 saturated heterocycles. The van der Waals surface area contributed by atoms with E-state index in [1.807, 2.05) is 45.0 Å². The predicted octanol–water partition coefficient (Wildman–Crippen LogP) is 5.44. The van der Waals surface area contributed by atoms with Gasteiger partial charge in [0.05, 0.1) is 29.1 Å². The number of rotatable bonds is 7. The van der Waals surface area contributed by atoms with Crippen molar-refractivity contribution in [1.29, 1.82) is 5.26 Å². The molecule has 0 aliphatic heterocycles. The van der Waals surface area contributed by atoms with Gasteiger partial charge in [-0.25, -0.2) is 4.98 Å². The molecule has 39 heavy (non-hydrogen) atoms. The van der Waals surface area contributed by atoms with Gasteiger partial charge in [-0.2, -0.15) is 5.26 Å². The second-order valence-corrected chi connectivity index (χ2v) is 11.0. The Labute approximate surface area is 228 Å². The molecular weight excluding hydrogens is 494 g/mol. The van der Waals surface area contributed by atoms with Crippen molar-refractivity contribution in [2.24, 2.45) is 5.92 Å². The van der Waals surface area contributed by atoms with E-state index in [1.54, 1.807) is 34.7 Å². The van der Waals surface area contributed by atoms with Crippen molar-refractivity contribution in [1.82, 2.24) is 9.55 Å². The second-order valence-electron chi connectivity index (χ2n) is 11.0. The number of benzene rings is 2. The molecule has 1 aliphatic rings. The number of nitrogens with one attached hydrogen (secondary N) is 1. The standard InChI is InChI=1S/C30H35N5O4/c1-30(2,3)39-26(36)15-16-35-25-14-13-23(34(4)28(38)21-10-6-5-7-11-21)18-24(25)32-29(35)33-27(37)22-12-8-9-20(17-22)19-31/h8-9,12-14,17-18,21H,5-7,10-11,15-16H2,1-4H3,(H,32,33,37). The number of anilines is 2. The van der Waals surface area contributed by atoms with Crippen LogP contribution in [0.25, 0.3) is 11.0 Å². The lowest BCUT2D eigenvalue weighted by atomic mass is 9.88. The summed E-state index contributed by atoms with van der Waals surface area (Å²) in [5.74, 6) is -0.392. The lowest BCUT2D eigenvalue weighted by molar-refractivity contribution is -0.155.